The molecule has 1 saturated heterocycles. The van der Waals surface area contributed by atoms with Gasteiger partial charge in [-0.25, -0.2) is 0 Å². The molecule has 24 heavy (non-hydrogen) atoms. The number of piperidine rings is 1. The second-order valence-electron chi connectivity index (χ2n) is 5.73. The highest BCUT2D eigenvalue weighted by atomic mass is 16.5. The van der Waals surface area contributed by atoms with E-state index in [4.69, 9.17) is 4.74 Å². The van der Waals surface area contributed by atoms with Crippen LogP contribution >= 0.6 is 0 Å². The molecule has 1 aliphatic rings. The van der Waals surface area contributed by atoms with Crippen LogP contribution in [0.5, 0.6) is 11.5 Å². The number of rotatable bonds is 4. The van der Waals surface area contributed by atoms with Crippen molar-refractivity contribution in [3.8, 4) is 11.5 Å². The van der Waals surface area contributed by atoms with Crippen LogP contribution < -0.4 is 15.0 Å². The standard InChI is InChI=1S/C19H20N2O3/c1-20-19(23)14-2-6-17(7-3-14)24-18-8-4-15(5-9-18)21-12-10-16(22)11-13-21/h2-9H,10-13H2,1H3,(H,20,23). The topological polar surface area (TPSA) is 58.6 Å². The summed E-state index contributed by atoms with van der Waals surface area (Å²) in [6.07, 6.45) is 1.24. The van der Waals surface area contributed by atoms with E-state index in [1.54, 1.807) is 31.3 Å². The van der Waals surface area contributed by atoms with Crippen LogP contribution in [-0.2, 0) is 4.79 Å². The molecule has 5 heteroatoms. The number of carbonyl (C=O) groups is 2. The summed E-state index contributed by atoms with van der Waals surface area (Å²) in [5, 5.41) is 2.59. The normalized spacial score (nSPS) is 14.4. The zero-order valence-corrected chi connectivity index (χ0v) is 13.6. The van der Waals surface area contributed by atoms with E-state index in [1.165, 1.54) is 0 Å². The molecule has 0 bridgehead atoms. The van der Waals surface area contributed by atoms with Crippen molar-refractivity contribution < 1.29 is 14.3 Å². The molecule has 0 aliphatic carbocycles. The maximum Gasteiger partial charge on any atom is 0.251 e. The van der Waals surface area contributed by atoms with Gasteiger partial charge in [0.1, 0.15) is 17.3 Å². The van der Waals surface area contributed by atoms with Gasteiger partial charge in [0.25, 0.3) is 5.91 Å². The molecule has 1 N–H and O–H groups in total. The van der Waals surface area contributed by atoms with Gasteiger partial charge in [-0.15, -0.1) is 0 Å². The number of nitrogens with zero attached hydrogens (tertiary/aromatic N) is 1. The quantitative estimate of drug-likeness (QED) is 0.939. The maximum atomic E-state index is 11.5. The minimum atomic E-state index is -0.120. The van der Waals surface area contributed by atoms with Crippen LogP contribution in [0.1, 0.15) is 23.2 Å². The van der Waals surface area contributed by atoms with Crippen molar-refractivity contribution in [3.05, 3.63) is 54.1 Å². The molecule has 1 amide bonds. The van der Waals surface area contributed by atoms with E-state index in [0.717, 1.165) is 24.5 Å². The number of carbonyl (C=O) groups excluding carboxylic acids is 2. The minimum absolute atomic E-state index is 0.120. The van der Waals surface area contributed by atoms with E-state index in [2.05, 4.69) is 10.2 Å². The lowest BCUT2D eigenvalue weighted by atomic mass is 10.1. The second kappa shape index (κ2) is 7.17. The third-order valence-corrected chi connectivity index (χ3v) is 4.10. The molecule has 0 unspecified atom stereocenters. The Balaban J connectivity index is 1.63. The lowest BCUT2D eigenvalue weighted by Gasteiger charge is -2.28. The Bertz CT molecular complexity index is 713. The average Bonchev–Trinajstić information content (AvgIpc) is 2.63. The number of benzene rings is 2. The molecular weight excluding hydrogens is 304 g/mol. The molecule has 5 nitrogen and oxygen atoms in total. The van der Waals surface area contributed by atoms with Gasteiger partial charge < -0.3 is 15.0 Å². The summed E-state index contributed by atoms with van der Waals surface area (Å²) < 4.78 is 5.80. The first-order chi connectivity index (χ1) is 11.7. The Labute approximate surface area is 141 Å². The van der Waals surface area contributed by atoms with Crippen LogP contribution in [0.15, 0.2) is 48.5 Å². The zero-order valence-electron chi connectivity index (χ0n) is 13.6. The lowest BCUT2D eigenvalue weighted by Crippen LogP contribution is -2.33. The molecule has 0 aromatic heterocycles. The first-order valence-electron chi connectivity index (χ1n) is 8.02. The van der Waals surface area contributed by atoms with E-state index in [0.29, 0.717) is 29.9 Å². The van der Waals surface area contributed by atoms with Crippen LogP contribution in [-0.4, -0.2) is 31.8 Å². The monoisotopic (exact) mass is 324 g/mol. The first-order valence-corrected chi connectivity index (χ1v) is 8.02. The summed E-state index contributed by atoms with van der Waals surface area (Å²) in [6.45, 7) is 1.56. The highest BCUT2D eigenvalue weighted by molar-refractivity contribution is 5.94. The van der Waals surface area contributed by atoms with Crippen molar-refractivity contribution in [3.63, 3.8) is 0 Å². The summed E-state index contributed by atoms with van der Waals surface area (Å²) in [7, 11) is 1.60. The largest absolute Gasteiger partial charge is 0.457 e. The van der Waals surface area contributed by atoms with Crippen LogP contribution in [0.4, 0.5) is 5.69 Å². The molecule has 0 atom stereocenters. The Kier molecular flexibility index (Phi) is 4.79. The number of hydrogen-bond acceptors (Lipinski definition) is 4. The Morgan fingerprint density at radius 1 is 0.958 bits per heavy atom. The van der Waals surface area contributed by atoms with Gasteiger partial charge in [0.15, 0.2) is 0 Å². The minimum Gasteiger partial charge on any atom is -0.457 e. The summed E-state index contributed by atoms with van der Waals surface area (Å²) in [6, 6.07) is 14.8. The fourth-order valence-corrected chi connectivity index (χ4v) is 2.69. The van der Waals surface area contributed by atoms with Gasteiger partial charge in [0.05, 0.1) is 0 Å². The number of nitrogens with one attached hydrogen (secondary N) is 1. The van der Waals surface area contributed by atoms with Gasteiger partial charge in [0.2, 0.25) is 0 Å². The number of anilines is 1. The third kappa shape index (κ3) is 3.74. The second-order valence-corrected chi connectivity index (χ2v) is 5.73. The fourth-order valence-electron chi connectivity index (χ4n) is 2.69. The first kappa shape index (κ1) is 16.1. The summed E-state index contributed by atoms with van der Waals surface area (Å²) in [4.78, 5) is 25.0. The molecule has 3 rings (SSSR count). The molecule has 2 aromatic rings. The predicted octanol–water partition coefficient (Wildman–Crippen LogP) is 3.01. The number of hydrogen-bond donors (Lipinski definition) is 1. The van der Waals surface area contributed by atoms with Crippen molar-refractivity contribution >= 4 is 17.4 Å². The smallest absolute Gasteiger partial charge is 0.251 e. The van der Waals surface area contributed by atoms with Gasteiger partial charge in [0, 0.05) is 44.2 Å². The molecule has 1 fully saturated rings. The third-order valence-electron chi connectivity index (χ3n) is 4.10. The van der Waals surface area contributed by atoms with Crippen LogP contribution in [0.25, 0.3) is 0 Å². The van der Waals surface area contributed by atoms with E-state index >= 15 is 0 Å². The van der Waals surface area contributed by atoms with Crippen molar-refractivity contribution in [2.45, 2.75) is 12.8 Å². The van der Waals surface area contributed by atoms with Crippen LogP contribution in [0, 0.1) is 0 Å². The van der Waals surface area contributed by atoms with Gasteiger partial charge in [-0.1, -0.05) is 0 Å². The molecule has 1 aliphatic heterocycles. The summed E-state index contributed by atoms with van der Waals surface area (Å²) in [5.41, 5.74) is 1.70. The van der Waals surface area contributed by atoms with E-state index in [1.807, 2.05) is 24.3 Å². The number of amides is 1. The van der Waals surface area contributed by atoms with Gasteiger partial charge >= 0.3 is 0 Å². The summed E-state index contributed by atoms with van der Waals surface area (Å²) >= 11 is 0. The molecular formula is C19H20N2O3. The van der Waals surface area contributed by atoms with E-state index in [-0.39, 0.29) is 5.91 Å². The van der Waals surface area contributed by atoms with Crippen LogP contribution in [0.3, 0.4) is 0 Å². The number of ether oxygens (including phenoxy) is 1. The molecule has 0 spiro atoms. The molecule has 1 heterocycles. The summed E-state index contributed by atoms with van der Waals surface area (Å²) in [5.74, 6) is 1.64. The van der Waals surface area contributed by atoms with Gasteiger partial charge in [-0.2, -0.15) is 0 Å². The van der Waals surface area contributed by atoms with E-state index in [9.17, 15) is 9.59 Å². The Morgan fingerprint density at radius 2 is 1.50 bits per heavy atom. The van der Waals surface area contributed by atoms with Gasteiger partial charge in [-0.3, -0.25) is 9.59 Å². The van der Waals surface area contributed by atoms with Crippen molar-refractivity contribution in [1.82, 2.24) is 5.32 Å². The van der Waals surface area contributed by atoms with Crippen molar-refractivity contribution in [2.75, 3.05) is 25.0 Å². The number of ketones is 1. The molecule has 0 radical (unpaired) electrons. The Hall–Kier alpha value is -2.82. The van der Waals surface area contributed by atoms with Gasteiger partial charge in [-0.05, 0) is 48.5 Å². The molecule has 0 saturated carbocycles. The zero-order chi connectivity index (χ0) is 16.9. The molecule has 2 aromatic carbocycles. The maximum absolute atomic E-state index is 11.5. The van der Waals surface area contributed by atoms with Crippen LogP contribution in [0.2, 0.25) is 0 Å². The van der Waals surface area contributed by atoms with E-state index < -0.39 is 0 Å². The highest BCUT2D eigenvalue weighted by Gasteiger charge is 2.16. The molecule has 124 valence electrons. The average molecular weight is 324 g/mol. The van der Waals surface area contributed by atoms with Crippen molar-refractivity contribution in [1.29, 1.82) is 0 Å². The predicted molar refractivity (Wildman–Crippen MR) is 92.8 cm³/mol. The van der Waals surface area contributed by atoms with Crippen molar-refractivity contribution in [2.24, 2.45) is 0 Å². The number of Topliss-reactive ketones (excluding diaryl/α,β-unsaturated/α-hetero) is 1. The highest BCUT2D eigenvalue weighted by Crippen LogP contribution is 2.26. The fraction of sp³-hybridized carbons (Fsp3) is 0.263. The SMILES string of the molecule is CNC(=O)c1ccc(Oc2ccc(N3CCC(=O)CC3)cc2)cc1. The lowest BCUT2D eigenvalue weighted by molar-refractivity contribution is -0.119. The Morgan fingerprint density at radius 3 is 2.04 bits per heavy atom.